The second kappa shape index (κ2) is 8.96. The van der Waals surface area contributed by atoms with Gasteiger partial charge in [0, 0.05) is 35.2 Å². The van der Waals surface area contributed by atoms with Crippen molar-refractivity contribution in [3.05, 3.63) is 101 Å². The lowest BCUT2D eigenvalue weighted by Gasteiger charge is -2.11. The van der Waals surface area contributed by atoms with Gasteiger partial charge in [-0.3, -0.25) is 9.36 Å². The lowest BCUT2D eigenvalue weighted by atomic mass is 10.1. The van der Waals surface area contributed by atoms with Gasteiger partial charge in [0.1, 0.15) is 11.3 Å². The Morgan fingerprint density at radius 2 is 1.88 bits per heavy atom. The Hall–Kier alpha value is -4.23. The zero-order valence-corrected chi connectivity index (χ0v) is 19.1. The van der Waals surface area contributed by atoms with Crippen LogP contribution in [0.15, 0.2) is 79.1 Å². The van der Waals surface area contributed by atoms with E-state index in [2.05, 4.69) is 15.3 Å². The molecule has 0 spiro atoms. The number of nitrogens with zero attached hydrogens (tertiary/aromatic N) is 4. The number of hydrogen-bond donors (Lipinski definition) is 2. The minimum atomic E-state index is -0.180. The van der Waals surface area contributed by atoms with Gasteiger partial charge in [-0.2, -0.15) is 0 Å². The normalized spacial score (nSPS) is 11.0. The van der Waals surface area contributed by atoms with Crippen LogP contribution >= 0.6 is 11.6 Å². The van der Waals surface area contributed by atoms with Crippen LogP contribution in [0, 0.1) is 6.92 Å². The summed E-state index contributed by atoms with van der Waals surface area (Å²) in [5.41, 5.74) is 11.8. The lowest BCUT2D eigenvalue weighted by molar-refractivity contribution is 0.0951. The topological polar surface area (TPSA) is 98.7 Å². The van der Waals surface area contributed by atoms with Gasteiger partial charge in [0.15, 0.2) is 11.5 Å². The standard InChI is InChI=1S/C26H21ClN6O/c1-16-12-22-25(30-14-16)33(24(32-22)21-6-3-11-29-23(21)28)20-9-7-17(8-10-20)15-31-26(34)18-4-2-5-19(27)13-18/h2-14H,15H2,1H3,(H2,28,29)(H,31,34). The molecule has 8 heteroatoms. The van der Waals surface area contributed by atoms with Gasteiger partial charge in [0.2, 0.25) is 0 Å². The zero-order valence-electron chi connectivity index (χ0n) is 18.4. The first-order valence-electron chi connectivity index (χ1n) is 10.7. The smallest absolute Gasteiger partial charge is 0.251 e. The first-order chi connectivity index (χ1) is 16.5. The summed E-state index contributed by atoms with van der Waals surface area (Å²) >= 11 is 5.98. The van der Waals surface area contributed by atoms with Gasteiger partial charge in [0.05, 0.1) is 5.56 Å². The van der Waals surface area contributed by atoms with Gasteiger partial charge in [-0.25, -0.2) is 15.0 Å². The number of halogens is 1. The number of amides is 1. The van der Waals surface area contributed by atoms with Gasteiger partial charge in [-0.15, -0.1) is 0 Å². The Morgan fingerprint density at radius 1 is 1.06 bits per heavy atom. The quantitative estimate of drug-likeness (QED) is 0.380. The molecular weight excluding hydrogens is 448 g/mol. The summed E-state index contributed by atoms with van der Waals surface area (Å²) in [5.74, 6) is 0.887. The van der Waals surface area contributed by atoms with Crippen LogP contribution in [0.5, 0.6) is 0 Å². The highest BCUT2D eigenvalue weighted by Crippen LogP contribution is 2.30. The highest BCUT2D eigenvalue weighted by Gasteiger charge is 2.18. The minimum absolute atomic E-state index is 0.180. The van der Waals surface area contributed by atoms with E-state index in [4.69, 9.17) is 22.3 Å². The van der Waals surface area contributed by atoms with Gasteiger partial charge in [-0.05, 0) is 66.6 Å². The van der Waals surface area contributed by atoms with Crippen LogP contribution in [0.25, 0.3) is 28.2 Å². The molecule has 0 unspecified atom stereocenters. The van der Waals surface area contributed by atoms with Gasteiger partial charge in [0.25, 0.3) is 5.91 Å². The number of aromatic nitrogens is 4. The molecule has 0 aliphatic carbocycles. The van der Waals surface area contributed by atoms with E-state index in [0.717, 1.165) is 33.5 Å². The van der Waals surface area contributed by atoms with Gasteiger partial charge in [-0.1, -0.05) is 29.8 Å². The van der Waals surface area contributed by atoms with E-state index in [1.54, 1.807) is 30.5 Å². The SMILES string of the molecule is Cc1cnc2c(c1)nc(-c1cccnc1N)n2-c1ccc(CNC(=O)c2cccc(Cl)c2)cc1. The van der Waals surface area contributed by atoms with Crippen LogP contribution in [0.1, 0.15) is 21.5 Å². The summed E-state index contributed by atoms with van der Waals surface area (Å²) < 4.78 is 1.97. The molecule has 0 saturated heterocycles. The molecule has 5 aromatic rings. The maximum atomic E-state index is 12.4. The summed E-state index contributed by atoms with van der Waals surface area (Å²) in [6.45, 7) is 2.37. The Kier molecular flexibility index (Phi) is 5.69. The van der Waals surface area contributed by atoms with E-state index >= 15 is 0 Å². The highest BCUT2D eigenvalue weighted by atomic mass is 35.5. The van der Waals surface area contributed by atoms with Crippen molar-refractivity contribution in [2.24, 2.45) is 0 Å². The van der Waals surface area contributed by atoms with Crippen molar-refractivity contribution in [1.82, 2.24) is 24.8 Å². The molecule has 3 N–H and O–H groups in total. The Bertz CT molecular complexity index is 1510. The number of carbonyl (C=O) groups excluding carboxylic acids is 1. The summed E-state index contributed by atoms with van der Waals surface area (Å²) in [7, 11) is 0. The third kappa shape index (κ3) is 4.21. The summed E-state index contributed by atoms with van der Waals surface area (Å²) in [6.07, 6.45) is 3.47. The van der Waals surface area contributed by atoms with Crippen LogP contribution in [0.3, 0.4) is 0 Å². The molecule has 7 nitrogen and oxygen atoms in total. The lowest BCUT2D eigenvalue weighted by Crippen LogP contribution is -2.22. The highest BCUT2D eigenvalue weighted by molar-refractivity contribution is 6.30. The van der Waals surface area contributed by atoms with E-state index in [1.165, 1.54) is 0 Å². The molecule has 5 rings (SSSR count). The average molecular weight is 469 g/mol. The Morgan fingerprint density at radius 3 is 2.65 bits per heavy atom. The van der Waals surface area contributed by atoms with Crippen molar-refractivity contribution >= 4 is 34.5 Å². The molecule has 3 heterocycles. The molecule has 168 valence electrons. The molecule has 0 saturated carbocycles. The first kappa shape index (κ1) is 21.6. The minimum Gasteiger partial charge on any atom is -0.383 e. The number of hydrogen-bond acceptors (Lipinski definition) is 5. The van der Waals surface area contributed by atoms with Crippen molar-refractivity contribution < 1.29 is 4.79 Å². The molecule has 0 atom stereocenters. The van der Waals surface area contributed by atoms with Crippen LogP contribution in [-0.4, -0.2) is 25.4 Å². The monoisotopic (exact) mass is 468 g/mol. The van der Waals surface area contributed by atoms with Crippen LogP contribution in [0.4, 0.5) is 5.82 Å². The van der Waals surface area contributed by atoms with E-state index in [1.807, 2.05) is 60.2 Å². The molecule has 2 aromatic carbocycles. The van der Waals surface area contributed by atoms with Crippen molar-refractivity contribution in [1.29, 1.82) is 0 Å². The molecule has 0 aliphatic rings. The number of nitrogen functional groups attached to an aromatic ring is 1. The number of nitrogens with one attached hydrogen (secondary N) is 1. The van der Waals surface area contributed by atoms with Crippen molar-refractivity contribution in [3.63, 3.8) is 0 Å². The molecule has 0 bridgehead atoms. The average Bonchev–Trinajstić information content (AvgIpc) is 3.21. The Labute approximate surface area is 201 Å². The molecule has 34 heavy (non-hydrogen) atoms. The predicted octanol–water partition coefficient (Wildman–Crippen LogP) is 4.96. The second-order valence-corrected chi connectivity index (χ2v) is 8.36. The van der Waals surface area contributed by atoms with Gasteiger partial charge >= 0.3 is 0 Å². The number of carbonyl (C=O) groups is 1. The number of pyridine rings is 2. The fourth-order valence-electron chi connectivity index (χ4n) is 3.77. The summed E-state index contributed by atoms with van der Waals surface area (Å²) in [6, 6.07) is 20.5. The zero-order chi connectivity index (χ0) is 23.7. The second-order valence-electron chi connectivity index (χ2n) is 7.92. The maximum absolute atomic E-state index is 12.4. The van der Waals surface area contributed by atoms with Crippen LogP contribution in [-0.2, 0) is 6.54 Å². The largest absolute Gasteiger partial charge is 0.383 e. The number of anilines is 1. The number of imidazole rings is 1. The van der Waals surface area contributed by atoms with Crippen LogP contribution < -0.4 is 11.1 Å². The van der Waals surface area contributed by atoms with E-state index < -0.39 is 0 Å². The molecular formula is C26H21ClN6O. The maximum Gasteiger partial charge on any atom is 0.251 e. The fraction of sp³-hybridized carbons (Fsp3) is 0.0769. The number of fused-ring (bicyclic) bond motifs is 1. The summed E-state index contributed by atoms with van der Waals surface area (Å²) in [4.78, 5) is 26.1. The summed E-state index contributed by atoms with van der Waals surface area (Å²) in [5, 5.41) is 3.45. The molecule has 0 aliphatic heterocycles. The van der Waals surface area contributed by atoms with Crippen molar-refractivity contribution in [3.8, 4) is 17.1 Å². The van der Waals surface area contributed by atoms with E-state index in [0.29, 0.717) is 28.8 Å². The molecule has 0 radical (unpaired) electrons. The molecule has 3 aromatic heterocycles. The van der Waals surface area contributed by atoms with Gasteiger partial charge < -0.3 is 11.1 Å². The predicted molar refractivity (Wildman–Crippen MR) is 134 cm³/mol. The number of aryl methyl sites for hydroxylation is 1. The van der Waals surface area contributed by atoms with E-state index in [9.17, 15) is 4.79 Å². The Balaban J connectivity index is 1.46. The van der Waals surface area contributed by atoms with Crippen LogP contribution in [0.2, 0.25) is 5.02 Å². The van der Waals surface area contributed by atoms with Crippen molar-refractivity contribution in [2.75, 3.05) is 5.73 Å². The first-order valence-corrected chi connectivity index (χ1v) is 11.1. The fourth-order valence-corrected chi connectivity index (χ4v) is 3.96. The van der Waals surface area contributed by atoms with Crippen molar-refractivity contribution in [2.45, 2.75) is 13.5 Å². The number of rotatable bonds is 5. The number of benzene rings is 2. The van der Waals surface area contributed by atoms with E-state index in [-0.39, 0.29) is 5.91 Å². The number of nitrogens with two attached hydrogens (primary N) is 1. The molecule has 0 fully saturated rings. The molecule has 1 amide bonds. The third-order valence-corrected chi connectivity index (χ3v) is 5.68. The third-order valence-electron chi connectivity index (χ3n) is 5.45.